The summed E-state index contributed by atoms with van der Waals surface area (Å²) in [6, 6.07) is 0. The van der Waals surface area contributed by atoms with Gasteiger partial charge in [0.15, 0.2) is 0 Å². The first-order valence-electron chi connectivity index (χ1n) is 4.20. The Hall–Kier alpha value is -0.810. The normalized spacial score (nSPS) is 37.0. The molecule has 0 aromatic carbocycles. The minimum atomic E-state index is -1.19. The van der Waals surface area contributed by atoms with E-state index in [2.05, 4.69) is 0 Å². The summed E-state index contributed by atoms with van der Waals surface area (Å²) in [6.07, 6.45) is -1.19. The third kappa shape index (κ3) is 2.16. The number of carboxylic acids is 2. The van der Waals surface area contributed by atoms with Crippen molar-refractivity contribution in [2.24, 2.45) is 11.8 Å². The van der Waals surface area contributed by atoms with Crippen molar-refractivity contribution < 1.29 is 24.9 Å². The van der Waals surface area contributed by atoms with Crippen LogP contribution in [0.3, 0.4) is 0 Å². The lowest BCUT2D eigenvalue weighted by molar-refractivity contribution is -0.147. The van der Waals surface area contributed by atoms with Crippen LogP contribution < -0.4 is 0 Å². The summed E-state index contributed by atoms with van der Waals surface area (Å²) in [5, 5.41) is 26.0. The van der Waals surface area contributed by atoms with Crippen molar-refractivity contribution in [3.8, 4) is 0 Å². The number of rotatable bonds is 3. The van der Waals surface area contributed by atoms with Crippen LogP contribution in [0.25, 0.3) is 0 Å². The Bertz CT molecular complexity index is 254. The molecule has 14 heavy (non-hydrogen) atoms. The molecule has 0 aromatic rings. The number of aliphatic hydroxyl groups is 1. The van der Waals surface area contributed by atoms with Gasteiger partial charge >= 0.3 is 11.9 Å². The van der Waals surface area contributed by atoms with E-state index in [1.165, 1.54) is 0 Å². The smallest absolute Gasteiger partial charge is 0.309 e. The first-order valence-corrected chi connectivity index (χ1v) is 4.64. The summed E-state index contributed by atoms with van der Waals surface area (Å²) < 4.78 is 0. The summed E-state index contributed by atoms with van der Waals surface area (Å²) in [6.45, 7) is 0. The fourth-order valence-corrected chi connectivity index (χ4v) is 2.25. The van der Waals surface area contributed by atoms with Gasteiger partial charge in [-0.3, -0.25) is 9.59 Å². The fourth-order valence-electron chi connectivity index (χ4n) is 1.86. The van der Waals surface area contributed by atoms with E-state index in [0.717, 1.165) is 0 Å². The lowest BCUT2D eigenvalue weighted by atomic mass is 9.92. The lowest BCUT2D eigenvalue weighted by Gasteiger charge is -2.15. The molecule has 1 aliphatic carbocycles. The highest BCUT2D eigenvalue weighted by Gasteiger charge is 2.46. The molecule has 0 amide bonds. The van der Waals surface area contributed by atoms with E-state index in [1.54, 1.807) is 0 Å². The van der Waals surface area contributed by atoms with Crippen LogP contribution in [-0.2, 0) is 9.59 Å². The molecule has 1 saturated carbocycles. The standard InChI is InChI=1S/C8H11ClO5/c9-4-1-3(2-5(10)11)6(7(4)12)8(13)14/h3-4,6-7,12H,1-2H2,(H,10,11)(H,13,14). The van der Waals surface area contributed by atoms with Gasteiger partial charge in [0.25, 0.3) is 0 Å². The zero-order valence-electron chi connectivity index (χ0n) is 7.26. The van der Waals surface area contributed by atoms with Gasteiger partial charge in [-0.25, -0.2) is 0 Å². The number of aliphatic carboxylic acids is 2. The van der Waals surface area contributed by atoms with Gasteiger partial charge < -0.3 is 15.3 Å². The third-order valence-electron chi connectivity index (χ3n) is 2.50. The molecule has 0 radical (unpaired) electrons. The Morgan fingerprint density at radius 2 is 1.93 bits per heavy atom. The Kier molecular flexibility index (Phi) is 3.34. The molecule has 80 valence electrons. The Labute approximate surface area is 85.3 Å². The van der Waals surface area contributed by atoms with Gasteiger partial charge in [-0.2, -0.15) is 0 Å². The van der Waals surface area contributed by atoms with Crippen LogP contribution in [0.4, 0.5) is 0 Å². The van der Waals surface area contributed by atoms with Crippen molar-refractivity contribution in [3.63, 3.8) is 0 Å². The summed E-state index contributed by atoms with van der Waals surface area (Å²) in [4.78, 5) is 21.2. The largest absolute Gasteiger partial charge is 0.481 e. The fraction of sp³-hybridized carbons (Fsp3) is 0.750. The van der Waals surface area contributed by atoms with Crippen molar-refractivity contribution >= 4 is 23.5 Å². The molecule has 6 heteroatoms. The number of aliphatic hydroxyl groups excluding tert-OH is 1. The topological polar surface area (TPSA) is 94.8 Å². The van der Waals surface area contributed by atoms with Gasteiger partial charge in [-0.1, -0.05) is 0 Å². The second kappa shape index (κ2) is 4.14. The number of halogens is 1. The van der Waals surface area contributed by atoms with Crippen molar-refractivity contribution in [1.29, 1.82) is 0 Å². The van der Waals surface area contributed by atoms with Crippen molar-refractivity contribution in [2.75, 3.05) is 0 Å². The molecule has 5 nitrogen and oxygen atoms in total. The van der Waals surface area contributed by atoms with Gasteiger partial charge in [0.1, 0.15) is 0 Å². The van der Waals surface area contributed by atoms with Crippen molar-refractivity contribution in [1.82, 2.24) is 0 Å². The van der Waals surface area contributed by atoms with Crippen LogP contribution >= 0.6 is 11.6 Å². The molecule has 1 fully saturated rings. The van der Waals surface area contributed by atoms with E-state index >= 15 is 0 Å². The molecule has 3 N–H and O–H groups in total. The second-order valence-corrected chi connectivity index (χ2v) is 4.02. The van der Waals surface area contributed by atoms with E-state index in [1.807, 2.05) is 0 Å². The van der Waals surface area contributed by atoms with Crippen molar-refractivity contribution in [3.05, 3.63) is 0 Å². The Balaban J connectivity index is 2.74. The highest BCUT2D eigenvalue weighted by atomic mass is 35.5. The Morgan fingerprint density at radius 3 is 2.36 bits per heavy atom. The number of hydrogen-bond donors (Lipinski definition) is 3. The van der Waals surface area contributed by atoms with Crippen LogP contribution in [0.1, 0.15) is 12.8 Å². The van der Waals surface area contributed by atoms with Gasteiger partial charge in [0, 0.05) is 6.42 Å². The van der Waals surface area contributed by atoms with Crippen LogP contribution in [0, 0.1) is 11.8 Å². The second-order valence-electron chi connectivity index (χ2n) is 3.46. The predicted octanol–water partition coefficient (Wildman–Crippen LogP) is 0.150. The van der Waals surface area contributed by atoms with Crippen LogP contribution in [0.5, 0.6) is 0 Å². The van der Waals surface area contributed by atoms with Gasteiger partial charge in [-0.15, -0.1) is 11.6 Å². The number of carbonyl (C=O) groups is 2. The maximum atomic E-state index is 10.7. The van der Waals surface area contributed by atoms with Crippen LogP contribution in [0.15, 0.2) is 0 Å². The summed E-state index contributed by atoms with van der Waals surface area (Å²) in [5.74, 6) is -3.90. The molecule has 0 aromatic heterocycles. The minimum Gasteiger partial charge on any atom is -0.481 e. The molecule has 0 heterocycles. The van der Waals surface area contributed by atoms with Crippen LogP contribution in [-0.4, -0.2) is 38.7 Å². The molecule has 1 aliphatic rings. The van der Waals surface area contributed by atoms with Gasteiger partial charge in [-0.05, 0) is 12.3 Å². The zero-order valence-corrected chi connectivity index (χ0v) is 8.02. The summed E-state index contributed by atoms with van der Waals surface area (Å²) in [7, 11) is 0. The van der Waals surface area contributed by atoms with Crippen molar-refractivity contribution in [2.45, 2.75) is 24.3 Å². The summed E-state index contributed by atoms with van der Waals surface area (Å²) >= 11 is 5.67. The molecule has 0 saturated heterocycles. The van der Waals surface area contributed by atoms with E-state index in [4.69, 9.17) is 21.8 Å². The van der Waals surface area contributed by atoms with Crippen LogP contribution in [0.2, 0.25) is 0 Å². The Morgan fingerprint density at radius 1 is 1.36 bits per heavy atom. The van der Waals surface area contributed by atoms with E-state index in [-0.39, 0.29) is 12.8 Å². The maximum Gasteiger partial charge on any atom is 0.309 e. The molecule has 1 rings (SSSR count). The molecular weight excluding hydrogens is 212 g/mol. The lowest BCUT2D eigenvalue weighted by Crippen LogP contribution is -2.31. The highest BCUT2D eigenvalue weighted by Crippen LogP contribution is 2.37. The highest BCUT2D eigenvalue weighted by molar-refractivity contribution is 6.21. The third-order valence-corrected chi connectivity index (χ3v) is 2.93. The molecule has 4 atom stereocenters. The summed E-state index contributed by atoms with van der Waals surface area (Å²) in [5.41, 5.74) is 0. The van der Waals surface area contributed by atoms with E-state index in [0.29, 0.717) is 0 Å². The van der Waals surface area contributed by atoms with Gasteiger partial charge in [0.05, 0.1) is 17.4 Å². The quantitative estimate of drug-likeness (QED) is 0.591. The average Bonchev–Trinajstić information content (AvgIpc) is 2.26. The first-order chi connectivity index (χ1) is 6.43. The molecule has 0 aliphatic heterocycles. The predicted molar refractivity (Wildman–Crippen MR) is 47.1 cm³/mol. The van der Waals surface area contributed by atoms with Gasteiger partial charge in [0.2, 0.25) is 0 Å². The molecule has 4 unspecified atom stereocenters. The first kappa shape index (κ1) is 11.3. The zero-order chi connectivity index (χ0) is 10.9. The average molecular weight is 223 g/mol. The molecular formula is C8H11ClO5. The number of alkyl halides is 1. The maximum absolute atomic E-state index is 10.7. The van der Waals surface area contributed by atoms with E-state index in [9.17, 15) is 14.7 Å². The minimum absolute atomic E-state index is 0.228. The molecule has 0 bridgehead atoms. The number of hydrogen-bond acceptors (Lipinski definition) is 3. The molecule has 0 spiro atoms. The van der Waals surface area contributed by atoms with E-state index < -0.39 is 35.3 Å². The SMILES string of the molecule is O=C(O)CC1CC(Cl)C(O)C1C(=O)O. The monoisotopic (exact) mass is 222 g/mol. The number of carboxylic acid groups (broad SMARTS) is 2.